The topological polar surface area (TPSA) is 55.1 Å². The SMILES string of the molecule is Cl.NCCC(=O)NCc1cccc(-c2cccc(F)c2)c1. The van der Waals surface area contributed by atoms with Crippen LogP contribution < -0.4 is 11.1 Å². The fraction of sp³-hybridized carbons (Fsp3) is 0.188. The molecule has 2 aromatic carbocycles. The molecule has 0 saturated carbocycles. The van der Waals surface area contributed by atoms with E-state index >= 15 is 0 Å². The van der Waals surface area contributed by atoms with Gasteiger partial charge in [0.2, 0.25) is 5.91 Å². The molecule has 3 nitrogen and oxygen atoms in total. The molecule has 0 spiro atoms. The van der Waals surface area contributed by atoms with Crippen LogP contribution in [-0.4, -0.2) is 12.5 Å². The third-order valence-corrected chi connectivity index (χ3v) is 2.95. The van der Waals surface area contributed by atoms with Crippen LogP contribution in [0.3, 0.4) is 0 Å². The van der Waals surface area contributed by atoms with Gasteiger partial charge >= 0.3 is 0 Å². The highest BCUT2D eigenvalue weighted by atomic mass is 35.5. The van der Waals surface area contributed by atoms with Gasteiger partial charge in [-0.25, -0.2) is 4.39 Å². The first kappa shape index (κ1) is 17.1. The maximum atomic E-state index is 13.2. The van der Waals surface area contributed by atoms with Gasteiger partial charge in [0.1, 0.15) is 5.82 Å². The molecule has 0 bridgehead atoms. The molecule has 0 fully saturated rings. The second-order valence-corrected chi connectivity index (χ2v) is 4.53. The van der Waals surface area contributed by atoms with Crippen LogP contribution in [0.25, 0.3) is 11.1 Å². The van der Waals surface area contributed by atoms with Crippen molar-refractivity contribution in [2.45, 2.75) is 13.0 Å². The van der Waals surface area contributed by atoms with Crippen molar-refractivity contribution in [3.63, 3.8) is 0 Å². The third kappa shape index (κ3) is 5.17. The van der Waals surface area contributed by atoms with Crippen molar-refractivity contribution in [3.8, 4) is 11.1 Å². The zero-order valence-electron chi connectivity index (χ0n) is 11.5. The number of hydrogen-bond donors (Lipinski definition) is 2. The fourth-order valence-corrected chi connectivity index (χ4v) is 1.95. The van der Waals surface area contributed by atoms with Crippen molar-refractivity contribution in [3.05, 3.63) is 59.9 Å². The van der Waals surface area contributed by atoms with E-state index in [1.165, 1.54) is 12.1 Å². The number of carbonyl (C=O) groups is 1. The molecule has 2 aromatic rings. The summed E-state index contributed by atoms with van der Waals surface area (Å²) in [6.07, 6.45) is 0.323. The number of rotatable bonds is 5. The summed E-state index contributed by atoms with van der Waals surface area (Å²) in [6, 6.07) is 14.1. The second kappa shape index (κ2) is 8.39. The molecule has 0 saturated heterocycles. The smallest absolute Gasteiger partial charge is 0.221 e. The Bertz CT molecular complexity index is 604. The predicted molar refractivity (Wildman–Crippen MR) is 84.6 cm³/mol. The Balaban J connectivity index is 0.00000220. The number of hydrogen-bond acceptors (Lipinski definition) is 2. The summed E-state index contributed by atoms with van der Waals surface area (Å²) in [7, 11) is 0. The Morgan fingerprint density at radius 1 is 1.10 bits per heavy atom. The Morgan fingerprint density at radius 2 is 1.76 bits per heavy atom. The minimum Gasteiger partial charge on any atom is -0.352 e. The molecule has 0 aliphatic rings. The van der Waals surface area contributed by atoms with Gasteiger partial charge in [-0.05, 0) is 34.9 Å². The molecule has 0 aliphatic heterocycles. The highest BCUT2D eigenvalue weighted by Crippen LogP contribution is 2.21. The number of benzene rings is 2. The molecule has 2 rings (SSSR count). The van der Waals surface area contributed by atoms with Crippen LogP contribution in [0.2, 0.25) is 0 Å². The lowest BCUT2D eigenvalue weighted by atomic mass is 10.0. The van der Waals surface area contributed by atoms with Gasteiger partial charge in [-0.15, -0.1) is 12.4 Å². The van der Waals surface area contributed by atoms with Crippen LogP contribution in [0.1, 0.15) is 12.0 Å². The zero-order valence-corrected chi connectivity index (χ0v) is 12.3. The van der Waals surface area contributed by atoms with Crippen molar-refractivity contribution in [1.82, 2.24) is 5.32 Å². The molecule has 0 heterocycles. The van der Waals surface area contributed by atoms with E-state index < -0.39 is 0 Å². The highest BCUT2D eigenvalue weighted by molar-refractivity contribution is 5.85. The third-order valence-electron chi connectivity index (χ3n) is 2.95. The maximum Gasteiger partial charge on any atom is 0.221 e. The summed E-state index contributed by atoms with van der Waals surface area (Å²) in [5.41, 5.74) is 8.03. The van der Waals surface area contributed by atoms with E-state index in [9.17, 15) is 9.18 Å². The Morgan fingerprint density at radius 3 is 2.43 bits per heavy atom. The summed E-state index contributed by atoms with van der Waals surface area (Å²) in [6.45, 7) is 0.789. The van der Waals surface area contributed by atoms with Gasteiger partial charge in [-0.2, -0.15) is 0 Å². The monoisotopic (exact) mass is 308 g/mol. The lowest BCUT2D eigenvalue weighted by Crippen LogP contribution is -2.24. The molecule has 0 aliphatic carbocycles. The molecule has 21 heavy (non-hydrogen) atoms. The summed E-state index contributed by atoms with van der Waals surface area (Å²) < 4.78 is 13.2. The van der Waals surface area contributed by atoms with Crippen molar-refractivity contribution < 1.29 is 9.18 Å². The minimum atomic E-state index is -0.260. The molecule has 0 unspecified atom stereocenters. The Kier molecular flexibility index (Phi) is 6.85. The van der Waals surface area contributed by atoms with E-state index in [1.54, 1.807) is 6.07 Å². The van der Waals surface area contributed by atoms with Crippen LogP contribution in [0, 0.1) is 5.82 Å². The van der Waals surface area contributed by atoms with E-state index in [4.69, 9.17) is 5.73 Å². The minimum absolute atomic E-state index is 0. The van der Waals surface area contributed by atoms with Gasteiger partial charge in [-0.1, -0.05) is 30.3 Å². The van der Waals surface area contributed by atoms with E-state index in [2.05, 4.69) is 5.32 Å². The molecule has 0 atom stereocenters. The van der Waals surface area contributed by atoms with Crippen LogP contribution in [-0.2, 0) is 11.3 Å². The van der Waals surface area contributed by atoms with Crippen LogP contribution in [0.5, 0.6) is 0 Å². The molecule has 5 heteroatoms. The normalized spacial score (nSPS) is 9.81. The van der Waals surface area contributed by atoms with E-state index in [0.29, 0.717) is 19.5 Å². The number of nitrogens with one attached hydrogen (secondary N) is 1. The first-order chi connectivity index (χ1) is 9.69. The van der Waals surface area contributed by atoms with Gasteiger partial charge < -0.3 is 11.1 Å². The van der Waals surface area contributed by atoms with Crippen LogP contribution in [0.15, 0.2) is 48.5 Å². The number of halogens is 2. The van der Waals surface area contributed by atoms with Crippen molar-refractivity contribution in [2.75, 3.05) is 6.54 Å². The van der Waals surface area contributed by atoms with Gasteiger partial charge in [0.05, 0.1) is 0 Å². The van der Waals surface area contributed by atoms with Crippen molar-refractivity contribution in [2.24, 2.45) is 5.73 Å². The van der Waals surface area contributed by atoms with Gasteiger partial charge in [0.15, 0.2) is 0 Å². The van der Waals surface area contributed by atoms with E-state index in [0.717, 1.165) is 16.7 Å². The number of carbonyl (C=O) groups excluding carboxylic acids is 1. The van der Waals surface area contributed by atoms with Gasteiger partial charge in [-0.3, -0.25) is 4.79 Å². The summed E-state index contributed by atoms with van der Waals surface area (Å²) in [5.74, 6) is -0.326. The molecular formula is C16H18ClFN2O. The van der Waals surface area contributed by atoms with Gasteiger partial charge in [0.25, 0.3) is 0 Å². The first-order valence-corrected chi connectivity index (χ1v) is 6.50. The largest absolute Gasteiger partial charge is 0.352 e. The molecule has 112 valence electrons. The average molecular weight is 309 g/mol. The predicted octanol–water partition coefficient (Wildman–Crippen LogP) is 2.88. The standard InChI is InChI=1S/C16H17FN2O.ClH/c17-15-6-2-5-14(10-15)13-4-1-3-12(9-13)11-19-16(20)7-8-18;/h1-6,9-10H,7-8,11,18H2,(H,19,20);1H. The van der Waals surface area contributed by atoms with Crippen molar-refractivity contribution >= 4 is 18.3 Å². The average Bonchev–Trinajstić information content (AvgIpc) is 2.46. The van der Waals surface area contributed by atoms with E-state index in [1.807, 2.05) is 30.3 Å². The van der Waals surface area contributed by atoms with Gasteiger partial charge in [0, 0.05) is 19.5 Å². The number of amides is 1. The van der Waals surface area contributed by atoms with Crippen molar-refractivity contribution in [1.29, 1.82) is 0 Å². The summed E-state index contributed by atoms with van der Waals surface area (Å²) in [5, 5.41) is 2.80. The summed E-state index contributed by atoms with van der Waals surface area (Å²) in [4.78, 5) is 11.4. The molecule has 1 amide bonds. The summed E-state index contributed by atoms with van der Waals surface area (Å²) >= 11 is 0. The molecular weight excluding hydrogens is 291 g/mol. The number of nitrogens with two attached hydrogens (primary N) is 1. The zero-order chi connectivity index (χ0) is 14.4. The Hall–Kier alpha value is -1.91. The first-order valence-electron chi connectivity index (χ1n) is 6.50. The van der Waals surface area contributed by atoms with E-state index in [-0.39, 0.29) is 24.1 Å². The highest BCUT2D eigenvalue weighted by Gasteiger charge is 2.03. The molecule has 0 aromatic heterocycles. The quantitative estimate of drug-likeness (QED) is 0.892. The fourth-order valence-electron chi connectivity index (χ4n) is 1.95. The van der Waals surface area contributed by atoms with Crippen LogP contribution in [0.4, 0.5) is 4.39 Å². The van der Waals surface area contributed by atoms with Crippen LogP contribution >= 0.6 is 12.4 Å². The molecule has 0 radical (unpaired) electrons. The Labute approximate surface area is 129 Å². The lowest BCUT2D eigenvalue weighted by Gasteiger charge is -2.07. The molecule has 3 N–H and O–H groups in total. The maximum absolute atomic E-state index is 13.2. The second-order valence-electron chi connectivity index (χ2n) is 4.53. The lowest BCUT2D eigenvalue weighted by molar-refractivity contribution is -0.121.